The molecule has 84 valence electrons. The maximum Gasteiger partial charge on any atom is 0.305 e. The highest BCUT2D eigenvalue weighted by Gasteiger charge is 2.15. The first-order valence-corrected chi connectivity index (χ1v) is 5.50. The van der Waals surface area contributed by atoms with Gasteiger partial charge in [-0.1, -0.05) is 34.6 Å². The van der Waals surface area contributed by atoms with Gasteiger partial charge in [-0.2, -0.15) is 0 Å². The van der Waals surface area contributed by atoms with Crippen LogP contribution in [-0.2, 0) is 9.53 Å². The van der Waals surface area contributed by atoms with Crippen LogP contribution < -0.4 is 0 Å². The van der Waals surface area contributed by atoms with Crippen molar-refractivity contribution in [3.8, 4) is 0 Å². The molecule has 0 amide bonds. The molecule has 0 aromatic carbocycles. The van der Waals surface area contributed by atoms with Gasteiger partial charge in [0.25, 0.3) is 0 Å². The number of ether oxygens (including phenoxy) is 1. The zero-order valence-corrected chi connectivity index (χ0v) is 10.2. The van der Waals surface area contributed by atoms with E-state index in [1.807, 2.05) is 6.92 Å². The van der Waals surface area contributed by atoms with Gasteiger partial charge in [-0.05, 0) is 24.2 Å². The standard InChI is InChI=1S/C12H24O2/c1-6-11(13)14-8-7-10(2)9-12(3,4)5/h10H,6-9H2,1-5H3. The van der Waals surface area contributed by atoms with E-state index in [2.05, 4.69) is 27.7 Å². The van der Waals surface area contributed by atoms with Crippen molar-refractivity contribution in [2.75, 3.05) is 6.61 Å². The SMILES string of the molecule is CCC(=O)OCCC(C)CC(C)(C)C. The summed E-state index contributed by atoms with van der Waals surface area (Å²) in [6, 6.07) is 0. The number of carbonyl (C=O) groups excluding carboxylic acids is 1. The maximum atomic E-state index is 10.9. The molecule has 0 bridgehead atoms. The molecule has 0 spiro atoms. The van der Waals surface area contributed by atoms with Crippen LogP contribution in [0.5, 0.6) is 0 Å². The Morgan fingerprint density at radius 3 is 2.36 bits per heavy atom. The molecule has 0 radical (unpaired) electrons. The molecule has 0 aromatic heterocycles. The minimum absolute atomic E-state index is 0.0899. The molecular formula is C12H24O2. The zero-order valence-electron chi connectivity index (χ0n) is 10.2. The lowest BCUT2D eigenvalue weighted by atomic mass is 9.84. The lowest BCUT2D eigenvalue weighted by Gasteiger charge is -2.22. The number of hydrogen-bond donors (Lipinski definition) is 0. The summed E-state index contributed by atoms with van der Waals surface area (Å²) in [5.74, 6) is 0.535. The third-order valence-corrected chi connectivity index (χ3v) is 2.12. The number of esters is 1. The van der Waals surface area contributed by atoms with E-state index in [4.69, 9.17) is 4.74 Å². The van der Waals surface area contributed by atoms with Crippen LogP contribution in [0.25, 0.3) is 0 Å². The summed E-state index contributed by atoms with van der Waals surface area (Å²) in [7, 11) is 0. The third kappa shape index (κ3) is 8.09. The van der Waals surface area contributed by atoms with Gasteiger partial charge in [-0.25, -0.2) is 0 Å². The van der Waals surface area contributed by atoms with Gasteiger partial charge in [0.05, 0.1) is 6.61 Å². The topological polar surface area (TPSA) is 26.3 Å². The van der Waals surface area contributed by atoms with E-state index in [1.54, 1.807) is 0 Å². The highest BCUT2D eigenvalue weighted by Crippen LogP contribution is 2.25. The number of rotatable bonds is 5. The average molecular weight is 200 g/mol. The molecule has 14 heavy (non-hydrogen) atoms. The molecule has 0 saturated heterocycles. The Morgan fingerprint density at radius 2 is 1.93 bits per heavy atom. The summed E-state index contributed by atoms with van der Waals surface area (Å²) < 4.78 is 5.04. The van der Waals surface area contributed by atoms with Crippen molar-refractivity contribution >= 4 is 5.97 Å². The second-order valence-corrected chi connectivity index (χ2v) is 5.23. The summed E-state index contributed by atoms with van der Waals surface area (Å²) >= 11 is 0. The van der Waals surface area contributed by atoms with E-state index in [1.165, 1.54) is 6.42 Å². The molecule has 0 aromatic rings. The van der Waals surface area contributed by atoms with Crippen molar-refractivity contribution in [1.82, 2.24) is 0 Å². The predicted octanol–water partition coefficient (Wildman–Crippen LogP) is 3.40. The lowest BCUT2D eigenvalue weighted by Crippen LogP contribution is -2.13. The first-order chi connectivity index (χ1) is 6.35. The van der Waals surface area contributed by atoms with Crippen molar-refractivity contribution in [1.29, 1.82) is 0 Å². The Morgan fingerprint density at radius 1 is 1.36 bits per heavy atom. The van der Waals surface area contributed by atoms with E-state index in [-0.39, 0.29) is 5.97 Å². The first-order valence-electron chi connectivity index (χ1n) is 5.50. The van der Waals surface area contributed by atoms with Gasteiger partial charge in [0.1, 0.15) is 0 Å². The summed E-state index contributed by atoms with van der Waals surface area (Å²) in [4.78, 5) is 10.9. The summed E-state index contributed by atoms with van der Waals surface area (Å²) in [6.45, 7) is 11.3. The fourth-order valence-corrected chi connectivity index (χ4v) is 1.62. The highest BCUT2D eigenvalue weighted by molar-refractivity contribution is 5.68. The molecule has 0 rings (SSSR count). The van der Waals surface area contributed by atoms with Crippen LogP contribution in [0.4, 0.5) is 0 Å². The Balaban J connectivity index is 3.54. The molecule has 2 nitrogen and oxygen atoms in total. The van der Waals surface area contributed by atoms with E-state index >= 15 is 0 Å². The molecular weight excluding hydrogens is 176 g/mol. The second-order valence-electron chi connectivity index (χ2n) is 5.23. The molecule has 0 aliphatic carbocycles. The average Bonchev–Trinajstić information content (AvgIpc) is 2.00. The quantitative estimate of drug-likeness (QED) is 0.636. The van der Waals surface area contributed by atoms with E-state index in [0.29, 0.717) is 24.4 Å². The molecule has 0 fully saturated rings. The fraction of sp³-hybridized carbons (Fsp3) is 0.917. The van der Waals surface area contributed by atoms with Gasteiger partial charge in [0, 0.05) is 6.42 Å². The third-order valence-electron chi connectivity index (χ3n) is 2.12. The van der Waals surface area contributed by atoms with E-state index in [0.717, 1.165) is 6.42 Å². The Labute approximate surface area is 88.0 Å². The molecule has 0 aliphatic heterocycles. The molecule has 0 aliphatic rings. The van der Waals surface area contributed by atoms with Crippen LogP contribution in [0.2, 0.25) is 0 Å². The van der Waals surface area contributed by atoms with Crippen molar-refractivity contribution < 1.29 is 9.53 Å². The Bertz CT molecular complexity index is 168. The van der Waals surface area contributed by atoms with Crippen LogP contribution in [0, 0.1) is 11.3 Å². The number of hydrogen-bond acceptors (Lipinski definition) is 2. The van der Waals surface area contributed by atoms with Gasteiger partial charge in [0.2, 0.25) is 0 Å². The molecule has 1 atom stereocenters. The Kier molecular flexibility index (Phi) is 5.82. The van der Waals surface area contributed by atoms with Gasteiger partial charge in [-0.15, -0.1) is 0 Å². The van der Waals surface area contributed by atoms with Crippen LogP contribution in [0.3, 0.4) is 0 Å². The largest absolute Gasteiger partial charge is 0.466 e. The lowest BCUT2D eigenvalue weighted by molar-refractivity contribution is -0.143. The van der Waals surface area contributed by atoms with Gasteiger partial charge >= 0.3 is 5.97 Å². The first kappa shape index (κ1) is 13.5. The zero-order chi connectivity index (χ0) is 11.2. The highest BCUT2D eigenvalue weighted by atomic mass is 16.5. The maximum absolute atomic E-state index is 10.9. The second kappa shape index (κ2) is 6.05. The van der Waals surface area contributed by atoms with Crippen molar-refractivity contribution in [2.24, 2.45) is 11.3 Å². The normalized spacial score (nSPS) is 13.8. The van der Waals surface area contributed by atoms with Crippen molar-refractivity contribution in [3.63, 3.8) is 0 Å². The van der Waals surface area contributed by atoms with Gasteiger partial charge in [-0.3, -0.25) is 4.79 Å². The van der Waals surface area contributed by atoms with Gasteiger partial charge in [0.15, 0.2) is 0 Å². The van der Waals surface area contributed by atoms with Gasteiger partial charge < -0.3 is 4.74 Å². The predicted molar refractivity (Wildman–Crippen MR) is 59.1 cm³/mol. The van der Waals surface area contributed by atoms with Crippen LogP contribution in [0.1, 0.15) is 53.9 Å². The fourth-order valence-electron chi connectivity index (χ4n) is 1.62. The van der Waals surface area contributed by atoms with Crippen LogP contribution in [0.15, 0.2) is 0 Å². The summed E-state index contributed by atoms with van der Waals surface area (Å²) in [5, 5.41) is 0. The summed E-state index contributed by atoms with van der Waals surface area (Å²) in [5.41, 5.74) is 0.369. The minimum atomic E-state index is -0.0899. The molecule has 0 saturated carbocycles. The van der Waals surface area contributed by atoms with Crippen LogP contribution in [-0.4, -0.2) is 12.6 Å². The van der Waals surface area contributed by atoms with Crippen LogP contribution >= 0.6 is 0 Å². The van der Waals surface area contributed by atoms with E-state index < -0.39 is 0 Å². The smallest absolute Gasteiger partial charge is 0.305 e. The Hall–Kier alpha value is -0.530. The minimum Gasteiger partial charge on any atom is -0.466 e. The van der Waals surface area contributed by atoms with Crippen molar-refractivity contribution in [3.05, 3.63) is 0 Å². The molecule has 2 heteroatoms. The number of carbonyl (C=O) groups is 1. The van der Waals surface area contributed by atoms with E-state index in [9.17, 15) is 4.79 Å². The molecule has 0 heterocycles. The monoisotopic (exact) mass is 200 g/mol. The molecule has 1 unspecified atom stereocenters. The van der Waals surface area contributed by atoms with Crippen molar-refractivity contribution in [2.45, 2.75) is 53.9 Å². The molecule has 0 N–H and O–H groups in total. The summed E-state index contributed by atoms with van der Waals surface area (Å²) in [6.07, 6.45) is 2.63.